The highest BCUT2D eigenvalue weighted by atomic mass is 16.5. The van der Waals surface area contributed by atoms with Crippen LogP contribution in [0.3, 0.4) is 0 Å². The van der Waals surface area contributed by atoms with Crippen LogP contribution in [0.2, 0.25) is 0 Å². The molecule has 102 valence electrons. The van der Waals surface area contributed by atoms with Crippen LogP contribution in [-0.4, -0.2) is 12.7 Å². The van der Waals surface area contributed by atoms with Gasteiger partial charge in [-0.15, -0.1) is 0 Å². The van der Waals surface area contributed by atoms with Crippen LogP contribution in [0, 0.1) is 5.41 Å². The van der Waals surface area contributed by atoms with Crippen LogP contribution >= 0.6 is 0 Å². The minimum atomic E-state index is 0.134. The lowest BCUT2D eigenvalue weighted by Gasteiger charge is -2.18. The van der Waals surface area contributed by atoms with E-state index in [4.69, 9.17) is 15.2 Å². The second kappa shape index (κ2) is 5.98. The third kappa shape index (κ3) is 5.80. The average molecular weight is 251 g/mol. The van der Waals surface area contributed by atoms with Crippen molar-refractivity contribution >= 4 is 5.69 Å². The summed E-state index contributed by atoms with van der Waals surface area (Å²) in [6.07, 6.45) is 1.14. The van der Waals surface area contributed by atoms with Crippen LogP contribution in [0.4, 0.5) is 5.69 Å². The van der Waals surface area contributed by atoms with Gasteiger partial charge in [0.15, 0.2) is 0 Å². The number of ether oxygens (including phenoxy) is 2. The van der Waals surface area contributed by atoms with Gasteiger partial charge in [0.1, 0.15) is 11.5 Å². The fourth-order valence-corrected chi connectivity index (χ4v) is 1.49. The lowest BCUT2D eigenvalue weighted by Crippen LogP contribution is -2.11. The largest absolute Gasteiger partial charge is 0.493 e. The van der Waals surface area contributed by atoms with Crippen molar-refractivity contribution in [3.05, 3.63) is 18.2 Å². The molecule has 0 spiro atoms. The van der Waals surface area contributed by atoms with E-state index < -0.39 is 0 Å². The fraction of sp³-hybridized carbons (Fsp3) is 0.600. The van der Waals surface area contributed by atoms with Crippen molar-refractivity contribution < 1.29 is 9.47 Å². The van der Waals surface area contributed by atoms with Gasteiger partial charge in [-0.3, -0.25) is 0 Å². The number of benzene rings is 1. The number of nitrogen functional groups attached to an aromatic ring is 1. The summed E-state index contributed by atoms with van der Waals surface area (Å²) in [7, 11) is 0. The van der Waals surface area contributed by atoms with E-state index >= 15 is 0 Å². The molecular weight excluding hydrogens is 226 g/mol. The Morgan fingerprint density at radius 1 is 1.11 bits per heavy atom. The molecule has 1 rings (SSSR count). The van der Waals surface area contributed by atoms with Gasteiger partial charge in [0.2, 0.25) is 0 Å². The maximum atomic E-state index is 5.83. The molecule has 0 saturated heterocycles. The Morgan fingerprint density at radius 3 is 2.28 bits per heavy atom. The Balaban J connectivity index is 2.62. The lowest BCUT2D eigenvalue weighted by molar-refractivity contribution is 0.232. The first-order valence-electron chi connectivity index (χ1n) is 6.46. The Kier molecular flexibility index (Phi) is 4.88. The Bertz CT molecular complexity index is 381. The molecule has 0 radical (unpaired) electrons. The standard InChI is InChI=1S/C15H25NO2/c1-11(2)18-14-9-12(16)8-13(10-14)17-7-6-15(3,4)5/h8-11H,6-7,16H2,1-5H3. The Morgan fingerprint density at radius 2 is 1.72 bits per heavy atom. The zero-order valence-electron chi connectivity index (χ0n) is 12.1. The molecule has 2 N–H and O–H groups in total. The zero-order chi connectivity index (χ0) is 13.8. The molecule has 18 heavy (non-hydrogen) atoms. The molecular formula is C15H25NO2. The van der Waals surface area contributed by atoms with Crippen LogP contribution in [0.1, 0.15) is 41.0 Å². The topological polar surface area (TPSA) is 44.5 Å². The summed E-state index contributed by atoms with van der Waals surface area (Å²) in [5.41, 5.74) is 6.77. The molecule has 0 aliphatic heterocycles. The van der Waals surface area contributed by atoms with E-state index in [1.165, 1.54) is 0 Å². The summed E-state index contributed by atoms with van der Waals surface area (Å²) in [5, 5.41) is 0. The lowest BCUT2D eigenvalue weighted by atomic mass is 9.93. The summed E-state index contributed by atoms with van der Waals surface area (Å²) in [6, 6.07) is 5.53. The van der Waals surface area contributed by atoms with Crippen molar-refractivity contribution in [1.29, 1.82) is 0 Å². The summed E-state index contributed by atoms with van der Waals surface area (Å²) >= 11 is 0. The monoisotopic (exact) mass is 251 g/mol. The minimum absolute atomic E-state index is 0.134. The highest BCUT2D eigenvalue weighted by Crippen LogP contribution is 2.26. The van der Waals surface area contributed by atoms with Gasteiger partial charge in [0.05, 0.1) is 12.7 Å². The second-order valence-corrected chi connectivity index (χ2v) is 6.06. The average Bonchev–Trinajstić information content (AvgIpc) is 2.12. The van der Waals surface area contributed by atoms with E-state index in [1.54, 1.807) is 0 Å². The first-order chi connectivity index (χ1) is 8.26. The van der Waals surface area contributed by atoms with Gasteiger partial charge < -0.3 is 15.2 Å². The quantitative estimate of drug-likeness (QED) is 0.808. The van der Waals surface area contributed by atoms with Crippen LogP contribution < -0.4 is 15.2 Å². The van der Waals surface area contributed by atoms with Gasteiger partial charge >= 0.3 is 0 Å². The van der Waals surface area contributed by atoms with Crippen molar-refractivity contribution in [3.63, 3.8) is 0 Å². The van der Waals surface area contributed by atoms with E-state index in [-0.39, 0.29) is 11.5 Å². The molecule has 0 heterocycles. The summed E-state index contributed by atoms with van der Waals surface area (Å²) in [4.78, 5) is 0. The van der Waals surface area contributed by atoms with Crippen molar-refractivity contribution in [2.24, 2.45) is 5.41 Å². The fourth-order valence-electron chi connectivity index (χ4n) is 1.49. The molecule has 1 aromatic rings. The number of anilines is 1. The number of rotatable bonds is 5. The molecule has 0 aliphatic rings. The molecule has 0 bridgehead atoms. The Labute approximate surface area is 110 Å². The molecule has 1 aromatic carbocycles. The molecule has 0 aromatic heterocycles. The van der Waals surface area contributed by atoms with Gasteiger partial charge in [-0.25, -0.2) is 0 Å². The molecule has 0 atom stereocenters. The smallest absolute Gasteiger partial charge is 0.125 e. The van der Waals surface area contributed by atoms with Gasteiger partial charge in [-0.2, -0.15) is 0 Å². The molecule has 0 amide bonds. The van der Waals surface area contributed by atoms with Crippen molar-refractivity contribution in [1.82, 2.24) is 0 Å². The SMILES string of the molecule is CC(C)Oc1cc(N)cc(OCCC(C)(C)C)c1. The maximum Gasteiger partial charge on any atom is 0.125 e. The summed E-state index contributed by atoms with van der Waals surface area (Å²) < 4.78 is 11.3. The van der Waals surface area contributed by atoms with Crippen LogP contribution in [0.5, 0.6) is 11.5 Å². The normalized spacial score (nSPS) is 11.7. The number of hydrogen-bond acceptors (Lipinski definition) is 3. The van der Waals surface area contributed by atoms with E-state index in [2.05, 4.69) is 20.8 Å². The van der Waals surface area contributed by atoms with Crippen LogP contribution in [0.25, 0.3) is 0 Å². The van der Waals surface area contributed by atoms with E-state index in [0.717, 1.165) is 17.9 Å². The molecule has 0 saturated carbocycles. The van der Waals surface area contributed by atoms with Gasteiger partial charge in [-0.1, -0.05) is 20.8 Å². The third-order valence-corrected chi connectivity index (χ3v) is 2.39. The van der Waals surface area contributed by atoms with Crippen molar-refractivity contribution in [3.8, 4) is 11.5 Å². The van der Waals surface area contributed by atoms with Crippen molar-refractivity contribution in [2.75, 3.05) is 12.3 Å². The third-order valence-electron chi connectivity index (χ3n) is 2.39. The van der Waals surface area contributed by atoms with Crippen molar-refractivity contribution in [2.45, 2.75) is 47.1 Å². The zero-order valence-corrected chi connectivity index (χ0v) is 12.1. The van der Waals surface area contributed by atoms with Crippen LogP contribution in [-0.2, 0) is 0 Å². The summed E-state index contributed by atoms with van der Waals surface area (Å²) in [6.45, 7) is 11.3. The first-order valence-corrected chi connectivity index (χ1v) is 6.46. The molecule has 3 heteroatoms. The second-order valence-electron chi connectivity index (χ2n) is 6.06. The minimum Gasteiger partial charge on any atom is -0.493 e. The predicted molar refractivity (Wildman–Crippen MR) is 76.2 cm³/mol. The number of hydrogen-bond donors (Lipinski definition) is 1. The van der Waals surface area contributed by atoms with Crippen LogP contribution in [0.15, 0.2) is 18.2 Å². The molecule has 0 unspecified atom stereocenters. The highest BCUT2D eigenvalue weighted by molar-refractivity contribution is 5.50. The summed E-state index contributed by atoms with van der Waals surface area (Å²) in [5.74, 6) is 1.53. The Hall–Kier alpha value is -1.38. The molecule has 0 aliphatic carbocycles. The molecule has 0 fully saturated rings. The first kappa shape index (κ1) is 14.7. The van der Waals surface area contributed by atoms with Gasteiger partial charge in [0.25, 0.3) is 0 Å². The van der Waals surface area contributed by atoms with Gasteiger partial charge in [-0.05, 0) is 25.7 Å². The highest BCUT2D eigenvalue weighted by Gasteiger charge is 2.10. The number of nitrogens with two attached hydrogens (primary N) is 1. The predicted octanol–water partition coefficient (Wildman–Crippen LogP) is 3.87. The molecule has 3 nitrogen and oxygen atoms in total. The van der Waals surface area contributed by atoms with E-state index in [0.29, 0.717) is 12.3 Å². The maximum absolute atomic E-state index is 5.83. The van der Waals surface area contributed by atoms with E-state index in [9.17, 15) is 0 Å². The van der Waals surface area contributed by atoms with E-state index in [1.807, 2.05) is 32.0 Å². The van der Waals surface area contributed by atoms with Gasteiger partial charge in [0, 0.05) is 23.9 Å².